The average molecular weight is 458 g/mol. The Balaban J connectivity index is 1.69. The lowest BCUT2D eigenvalue weighted by Gasteiger charge is -2.35. The van der Waals surface area contributed by atoms with Crippen molar-refractivity contribution in [2.45, 2.75) is 27.7 Å². The molecule has 0 spiro atoms. The maximum absolute atomic E-state index is 12.7. The van der Waals surface area contributed by atoms with Crippen LogP contribution in [-0.2, 0) is 14.3 Å². The van der Waals surface area contributed by atoms with Gasteiger partial charge in [0.15, 0.2) is 0 Å². The van der Waals surface area contributed by atoms with E-state index in [2.05, 4.69) is 5.32 Å². The Morgan fingerprint density at radius 3 is 2.34 bits per heavy atom. The highest BCUT2D eigenvalue weighted by Gasteiger charge is 2.26. The topological polar surface area (TPSA) is 79.0 Å². The maximum Gasteiger partial charge on any atom is 0.341 e. The Bertz CT molecular complexity index is 960. The summed E-state index contributed by atoms with van der Waals surface area (Å²) in [6.07, 6.45) is 0. The summed E-state index contributed by atoms with van der Waals surface area (Å²) in [5, 5.41) is 5.28. The molecule has 32 heavy (non-hydrogen) atoms. The molecule has 1 aliphatic heterocycles. The summed E-state index contributed by atoms with van der Waals surface area (Å²) in [6.45, 7) is 10.6. The van der Waals surface area contributed by atoms with Crippen molar-refractivity contribution in [1.82, 2.24) is 9.80 Å². The average Bonchev–Trinajstić information content (AvgIpc) is 3.17. The molecule has 1 aromatic carbocycles. The number of anilines is 1. The van der Waals surface area contributed by atoms with Crippen LogP contribution in [0, 0.1) is 12.8 Å². The molecule has 2 amide bonds. The third kappa shape index (κ3) is 5.75. The fourth-order valence-corrected chi connectivity index (χ4v) is 4.64. The molecule has 2 aromatic rings. The van der Waals surface area contributed by atoms with Gasteiger partial charge in [0.2, 0.25) is 11.8 Å². The number of benzene rings is 1. The van der Waals surface area contributed by atoms with Crippen LogP contribution >= 0.6 is 11.3 Å². The Labute approximate surface area is 193 Å². The third-order valence-electron chi connectivity index (χ3n) is 5.43. The molecule has 7 nitrogen and oxygen atoms in total. The molecule has 1 fully saturated rings. The van der Waals surface area contributed by atoms with Crippen LogP contribution in [0.5, 0.6) is 0 Å². The molecule has 1 aromatic heterocycles. The van der Waals surface area contributed by atoms with Gasteiger partial charge in [-0.3, -0.25) is 14.5 Å². The molecule has 0 unspecified atom stereocenters. The van der Waals surface area contributed by atoms with Gasteiger partial charge in [-0.1, -0.05) is 43.7 Å². The van der Waals surface area contributed by atoms with Crippen LogP contribution in [0.3, 0.4) is 0 Å². The molecular weight excluding hydrogens is 426 g/mol. The van der Waals surface area contributed by atoms with E-state index in [1.54, 1.807) is 6.92 Å². The van der Waals surface area contributed by atoms with E-state index in [0.29, 0.717) is 36.7 Å². The number of esters is 1. The second kappa shape index (κ2) is 10.7. The van der Waals surface area contributed by atoms with Crippen molar-refractivity contribution in [3.8, 4) is 11.1 Å². The standard InChI is InChI=1S/C24H31N3O4S/c1-5-31-24(30)21-19(18-8-6-17(4)7-9-18)15-32-22(21)25-20(28)14-26-10-12-27(13-11-26)23(29)16(2)3/h6-9,15-16H,5,10-14H2,1-4H3,(H,25,28). The van der Waals surface area contributed by atoms with Gasteiger partial charge in [-0.15, -0.1) is 11.3 Å². The van der Waals surface area contributed by atoms with Crippen molar-refractivity contribution in [3.63, 3.8) is 0 Å². The Morgan fingerprint density at radius 2 is 1.75 bits per heavy atom. The second-order valence-corrected chi connectivity index (χ2v) is 9.12. The number of aryl methyl sites for hydroxylation is 1. The summed E-state index contributed by atoms with van der Waals surface area (Å²) in [5.74, 6) is -0.500. The molecule has 8 heteroatoms. The van der Waals surface area contributed by atoms with Crippen LogP contribution in [0.15, 0.2) is 29.6 Å². The highest BCUT2D eigenvalue weighted by Crippen LogP contribution is 2.36. The van der Waals surface area contributed by atoms with Crippen molar-refractivity contribution >= 4 is 34.1 Å². The zero-order valence-electron chi connectivity index (χ0n) is 19.1. The van der Waals surface area contributed by atoms with Crippen LogP contribution in [0.1, 0.15) is 36.7 Å². The molecule has 0 aliphatic carbocycles. The molecule has 0 radical (unpaired) electrons. The van der Waals surface area contributed by atoms with Crippen LogP contribution in [0.4, 0.5) is 5.00 Å². The van der Waals surface area contributed by atoms with Gasteiger partial charge in [-0.05, 0) is 19.4 Å². The van der Waals surface area contributed by atoms with Gasteiger partial charge in [0.1, 0.15) is 10.6 Å². The van der Waals surface area contributed by atoms with Crippen molar-refractivity contribution in [3.05, 3.63) is 40.8 Å². The first-order valence-corrected chi connectivity index (χ1v) is 11.8. The van der Waals surface area contributed by atoms with E-state index in [9.17, 15) is 14.4 Å². The summed E-state index contributed by atoms with van der Waals surface area (Å²) < 4.78 is 5.27. The highest BCUT2D eigenvalue weighted by molar-refractivity contribution is 7.15. The molecule has 0 atom stereocenters. The predicted molar refractivity (Wildman–Crippen MR) is 127 cm³/mol. The number of amides is 2. The third-order valence-corrected chi connectivity index (χ3v) is 6.33. The van der Waals surface area contributed by atoms with Gasteiger partial charge < -0.3 is 15.0 Å². The summed E-state index contributed by atoms with van der Waals surface area (Å²) >= 11 is 1.32. The van der Waals surface area contributed by atoms with Crippen molar-refractivity contribution in [1.29, 1.82) is 0 Å². The lowest BCUT2D eigenvalue weighted by molar-refractivity contribution is -0.136. The smallest absolute Gasteiger partial charge is 0.341 e. The number of piperazine rings is 1. The van der Waals surface area contributed by atoms with Crippen LogP contribution in [-0.4, -0.2) is 66.9 Å². The van der Waals surface area contributed by atoms with Crippen LogP contribution in [0.2, 0.25) is 0 Å². The second-order valence-electron chi connectivity index (χ2n) is 8.24. The largest absolute Gasteiger partial charge is 0.462 e. The van der Waals surface area contributed by atoms with Gasteiger partial charge in [-0.2, -0.15) is 0 Å². The molecule has 2 heterocycles. The highest BCUT2D eigenvalue weighted by atomic mass is 32.1. The minimum absolute atomic E-state index is 0.0206. The molecule has 1 aliphatic rings. The molecular formula is C24H31N3O4S. The van der Waals surface area contributed by atoms with Gasteiger partial charge in [0, 0.05) is 43.0 Å². The SMILES string of the molecule is CCOC(=O)c1c(-c2ccc(C)cc2)csc1NC(=O)CN1CCN(C(=O)C(C)C)CC1. The number of nitrogens with one attached hydrogen (secondary N) is 1. The summed E-state index contributed by atoms with van der Waals surface area (Å²) in [5.41, 5.74) is 3.18. The number of ether oxygens (including phenoxy) is 1. The number of rotatable bonds is 7. The fraction of sp³-hybridized carbons (Fsp3) is 0.458. The molecule has 172 valence electrons. The Morgan fingerprint density at radius 1 is 1.09 bits per heavy atom. The molecule has 3 rings (SSSR count). The minimum atomic E-state index is -0.444. The number of carbonyl (C=O) groups excluding carboxylic acids is 3. The van der Waals surface area contributed by atoms with Gasteiger partial charge in [-0.25, -0.2) is 4.79 Å². The van der Waals surface area contributed by atoms with E-state index in [1.165, 1.54) is 11.3 Å². The number of hydrogen-bond donors (Lipinski definition) is 1. The van der Waals surface area contributed by atoms with Gasteiger partial charge >= 0.3 is 5.97 Å². The quantitative estimate of drug-likeness (QED) is 0.642. The van der Waals surface area contributed by atoms with E-state index >= 15 is 0 Å². The zero-order valence-corrected chi connectivity index (χ0v) is 20.0. The minimum Gasteiger partial charge on any atom is -0.462 e. The van der Waals surface area contributed by atoms with E-state index in [0.717, 1.165) is 16.7 Å². The fourth-order valence-electron chi connectivity index (χ4n) is 3.66. The van der Waals surface area contributed by atoms with Crippen LogP contribution in [0.25, 0.3) is 11.1 Å². The molecule has 0 bridgehead atoms. The Kier molecular flexibility index (Phi) is 8.04. The Hall–Kier alpha value is -2.71. The zero-order chi connectivity index (χ0) is 23.3. The number of thiophene rings is 1. The number of hydrogen-bond acceptors (Lipinski definition) is 6. The molecule has 1 N–H and O–H groups in total. The van der Waals surface area contributed by atoms with E-state index in [1.807, 2.05) is 60.2 Å². The summed E-state index contributed by atoms with van der Waals surface area (Å²) in [6, 6.07) is 7.90. The van der Waals surface area contributed by atoms with E-state index in [-0.39, 0.29) is 30.9 Å². The first-order chi connectivity index (χ1) is 15.3. The normalized spacial score (nSPS) is 14.5. The van der Waals surface area contributed by atoms with Crippen molar-refractivity contribution in [2.75, 3.05) is 44.6 Å². The molecule has 1 saturated heterocycles. The van der Waals surface area contributed by atoms with Crippen LogP contribution < -0.4 is 5.32 Å². The molecule has 0 saturated carbocycles. The summed E-state index contributed by atoms with van der Waals surface area (Å²) in [4.78, 5) is 41.5. The summed E-state index contributed by atoms with van der Waals surface area (Å²) in [7, 11) is 0. The number of nitrogens with zero attached hydrogens (tertiary/aromatic N) is 2. The predicted octanol–water partition coefficient (Wildman–Crippen LogP) is 3.64. The lowest BCUT2D eigenvalue weighted by Crippen LogP contribution is -2.51. The maximum atomic E-state index is 12.7. The van der Waals surface area contributed by atoms with E-state index < -0.39 is 5.97 Å². The number of carbonyl (C=O) groups is 3. The lowest BCUT2D eigenvalue weighted by atomic mass is 10.0. The first-order valence-electron chi connectivity index (χ1n) is 11.0. The van der Waals surface area contributed by atoms with Gasteiger partial charge in [0.05, 0.1) is 13.2 Å². The van der Waals surface area contributed by atoms with Crippen molar-refractivity contribution < 1.29 is 19.1 Å². The van der Waals surface area contributed by atoms with Crippen molar-refractivity contribution in [2.24, 2.45) is 5.92 Å². The van der Waals surface area contributed by atoms with E-state index in [4.69, 9.17) is 4.74 Å². The monoisotopic (exact) mass is 457 g/mol. The first kappa shape index (κ1) is 23.9. The van der Waals surface area contributed by atoms with Gasteiger partial charge in [0.25, 0.3) is 0 Å².